The summed E-state index contributed by atoms with van der Waals surface area (Å²) in [6.45, 7) is 9.10. The van der Waals surface area contributed by atoms with E-state index < -0.39 is 95.6 Å². The van der Waals surface area contributed by atoms with E-state index in [0.717, 1.165) is 33.4 Å². The Morgan fingerprint density at radius 3 is 1.97 bits per heavy atom. The maximum absolute atomic E-state index is 14.0. The second kappa shape index (κ2) is 34.2. The van der Waals surface area contributed by atoms with Crippen molar-refractivity contribution in [3.63, 3.8) is 0 Å². The van der Waals surface area contributed by atoms with E-state index in [1.807, 2.05) is 131 Å². The number of carbonyl (C=O) groups is 4. The van der Waals surface area contributed by atoms with E-state index in [4.69, 9.17) is 51.0 Å². The standard InChI is InChI=1S/C76H85N11O16P2/c1-48(2)87(49(3)4)104(97-37-15-35-77)102-63-39-68(86-47-82-69-70(80-46-81-71(69)86)83-73(89)52-25-23-51(24-26-52)41-79-75(91)95-43-62-60-21-13-11-19-58(60)59-20-12-14-22-61(59)62)101-66(63)45-99-105(92,98-38-16-36-78)103-64-40-67(85-42-50(5)72(88)84-74(85)90)100-65(64)44-96-76(53-17-9-8-10-18-53,54-27-31-56(93-6)32-28-54)55-29-33-57(94-7)34-30-55/h8-14,17-34,46-50,62-68,92,105H,15-16,37-45H2,1-7H3,(H,79,91)(H,84,88,90)(H,80,81,83,89)/t50?,63-,64-,65-,66-,67-,68-,104?/m1/s1. The van der Waals surface area contributed by atoms with Gasteiger partial charge in [-0.25, -0.2) is 4.79 Å². The minimum atomic E-state index is -5.04. The Bertz CT molecular complexity index is 4310. The number of imidazole rings is 1. The molecule has 1 aliphatic carbocycles. The van der Waals surface area contributed by atoms with Crippen molar-refractivity contribution >= 4 is 57.6 Å². The molecule has 5 heterocycles. The van der Waals surface area contributed by atoms with Crippen molar-refractivity contribution in [2.75, 3.05) is 59.1 Å². The van der Waals surface area contributed by atoms with Gasteiger partial charge >= 0.3 is 479 Å². The first kappa shape index (κ1) is 75.3. The van der Waals surface area contributed by atoms with Crippen LogP contribution in [0.2, 0.25) is 0 Å². The Kier molecular flexibility index (Phi) is 24.5. The first-order valence-electron chi connectivity index (χ1n) is 34.8. The summed E-state index contributed by atoms with van der Waals surface area (Å²) in [6, 6.07) is 50.8. The third-order valence-electron chi connectivity index (χ3n) is 18.8. The molecule has 5 amide bonds. The van der Waals surface area contributed by atoms with Crippen LogP contribution in [0.3, 0.4) is 0 Å². The molecule has 4 N–H and O–H groups in total. The Balaban J connectivity index is 0.792. The van der Waals surface area contributed by atoms with Gasteiger partial charge in [0.1, 0.15) is 6.61 Å². The molecule has 2 aromatic heterocycles. The van der Waals surface area contributed by atoms with Crippen LogP contribution in [0.5, 0.6) is 11.5 Å². The number of nitrogens with zero attached hydrogens (tertiary/aromatic N) is 8. The molecule has 3 saturated heterocycles. The number of methoxy groups -OCH3 is 2. The molecule has 29 heteroatoms. The van der Waals surface area contributed by atoms with E-state index in [1.165, 1.54) is 17.6 Å². The second-order valence-corrected chi connectivity index (χ2v) is 29.5. The summed E-state index contributed by atoms with van der Waals surface area (Å²) < 4.78 is 74.7. The molecule has 0 radical (unpaired) electrons. The zero-order valence-electron chi connectivity index (χ0n) is 59.2. The van der Waals surface area contributed by atoms with Crippen LogP contribution in [-0.2, 0) is 58.5 Å². The molecule has 6 aromatic carbocycles. The molecule has 8 aromatic rings. The molecule has 8 atom stereocenters. The van der Waals surface area contributed by atoms with E-state index in [0.29, 0.717) is 28.2 Å². The zero-order chi connectivity index (χ0) is 73.8. The molecule has 2 unspecified atom stereocenters. The predicted molar refractivity (Wildman–Crippen MR) is 389 cm³/mol. The summed E-state index contributed by atoms with van der Waals surface area (Å²) in [7, 11) is -3.79. The van der Waals surface area contributed by atoms with Crippen molar-refractivity contribution in [2.24, 2.45) is 5.92 Å². The SMILES string of the molecule is COc1ccc(C(OC[C@H]2O[C@@H](N3CC(C)C(=O)NC3=O)C[C@H]2O[PH](O)(OCCC#N)OC[C@H]2O[C@@H](n3cnc4c(NC(=O)c5ccc(CNC(=O)OCC6c7ccccc7-c7ccccc76)cc5)ncnc43)C[C@H]2OP(OCCC#N)N(C(C)C)C(C)C)(c2ccccc2)c2ccc(OC)cc2)cc1. The monoisotopic (exact) mass is 1470 g/mol. The van der Waals surface area contributed by atoms with Crippen molar-refractivity contribution in [2.45, 2.75) is 127 Å². The van der Waals surface area contributed by atoms with Crippen molar-refractivity contribution in [1.29, 1.82) is 10.5 Å². The molecule has 3 fully saturated rings. The summed E-state index contributed by atoms with van der Waals surface area (Å²) in [4.78, 5) is 81.7. The second-order valence-electron chi connectivity index (χ2n) is 26.2. The van der Waals surface area contributed by atoms with E-state index in [9.17, 15) is 34.6 Å². The molecule has 0 bridgehead atoms. The van der Waals surface area contributed by atoms with Gasteiger partial charge in [0, 0.05) is 12.5 Å². The van der Waals surface area contributed by atoms with Gasteiger partial charge in [-0.1, -0.05) is 60.7 Å². The predicted octanol–water partition coefficient (Wildman–Crippen LogP) is 12.1. The van der Waals surface area contributed by atoms with Crippen LogP contribution in [0.25, 0.3) is 22.3 Å². The van der Waals surface area contributed by atoms with E-state index in [1.54, 1.807) is 50.0 Å². The number of anilines is 1. The van der Waals surface area contributed by atoms with Gasteiger partial charge in [0.05, 0.1) is 0 Å². The third kappa shape index (κ3) is 17.1. The number of hydrogen-bond acceptors (Lipinski definition) is 22. The van der Waals surface area contributed by atoms with Crippen LogP contribution >= 0.6 is 16.7 Å². The molecule has 27 nitrogen and oxygen atoms in total. The molecule has 4 aliphatic rings. The molecule has 0 saturated carbocycles. The van der Waals surface area contributed by atoms with E-state index >= 15 is 0 Å². The number of nitriles is 2. The quantitative estimate of drug-likeness (QED) is 0.0173. The summed E-state index contributed by atoms with van der Waals surface area (Å²) in [5.41, 5.74) is 6.82. The number of hydrogen-bond donors (Lipinski definition) is 4. The van der Waals surface area contributed by atoms with Gasteiger partial charge in [0.2, 0.25) is 0 Å². The van der Waals surface area contributed by atoms with Gasteiger partial charge in [0.25, 0.3) is 0 Å². The maximum atomic E-state index is 14.0. The summed E-state index contributed by atoms with van der Waals surface area (Å²) in [6.07, 6.45) is -3.88. The number of alkyl carbamates (subject to hydrolysis) is 1. The van der Waals surface area contributed by atoms with Crippen molar-refractivity contribution in [3.05, 3.63) is 203 Å². The fourth-order valence-electron chi connectivity index (χ4n) is 13.6. The molecule has 105 heavy (non-hydrogen) atoms. The molecule has 12 rings (SSSR count). The third-order valence-corrected chi connectivity index (χ3v) is 22.6. The van der Waals surface area contributed by atoms with Gasteiger partial charge in [-0.3, -0.25) is 0 Å². The van der Waals surface area contributed by atoms with Gasteiger partial charge in [-0.2, -0.15) is 0 Å². The van der Waals surface area contributed by atoms with Crippen molar-refractivity contribution < 1.29 is 75.1 Å². The number of benzene rings is 6. The number of fused-ring (bicyclic) bond motifs is 4. The van der Waals surface area contributed by atoms with Gasteiger partial charge in [-0.15, -0.1) is 0 Å². The van der Waals surface area contributed by atoms with E-state index in [2.05, 4.69) is 72.0 Å². The Morgan fingerprint density at radius 2 is 1.33 bits per heavy atom. The molecule has 0 spiro atoms. The Labute approximate surface area is 610 Å². The number of urea groups is 1. The van der Waals surface area contributed by atoms with Crippen LogP contribution in [0.15, 0.2) is 164 Å². The number of rotatable bonds is 32. The van der Waals surface area contributed by atoms with Gasteiger partial charge in [-0.05, 0) is 39.9 Å². The van der Waals surface area contributed by atoms with Crippen LogP contribution < -0.4 is 25.4 Å². The fourth-order valence-corrected chi connectivity index (χ4v) is 17.0. The average Bonchev–Trinajstić information content (AvgIpc) is 0.824. The minimum absolute atomic E-state index is 0.00609. The van der Waals surface area contributed by atoms with Crippen LogP contribution in [-0.4, -0.2) is 154 Å². The van der Waals surface area contributed by atoms with Crippen LogP contribution in [0.1, 0.15) is 116 Å². The fraction of sp³-hybridized carbons (Fsp3) is 0.382. The first-order chi connectivity index (χ1) is 50.9. The molecule has 3 aliphatic heterocycles. The van der Waals surface area contributed by atoms with Crippen LogP contribution in [0, 0.1) is 28.6 Å². The molecule has 550 valence electrons. The van der Waals surface area contributed by atoms with Gasteiger partial charge in [0.15, 0.2) is 0 Å². The number of carbonyl (C=O) groups excluding carboxylic acids is 4. The number of aromatic nitrogens is 4. The Hall–Kier alpha value is -9.41. The van der Waals surface area contributed by atoms with Crippen molar-refractivity contribution in [1.82, 2.24) is 39.7 Å². The van der Waals surface area contributed by atoms with Crippen LogP contribution in [0.4, 0.5) is 15.4 Å². The number of ether oxygens (including phenoxy) is 6. The number of imide groups is 1. The number of nitrogens with one attached hydrogen (secondary N) is 3. The van der Waals surface area contributed by atoms with Gasteiger partial charge < -0.3 is 10.1 Å². The summed E-state index contributed by atoms with van der Waals surface area (Å²) in [5, 5.41) is 27.6. The molecular weight excluding hydrogens is 1380 g/mol. The molecular formula is C76H85N11O16P2. The summed E-state index contributed by atoms with van der Waals surface area (Å²) >= 11 is 0. The average molecular weight is 1470 g/mol. The summed E-state index contributed by atoms with van der Waals surface area (Å²) in [5.74, 6) is -0.310. The zero-order valence-corrected chi connectivity index (χ0v) is 61.1. The normalized spacial score (nSPS) is 20.0. The Morgan fingerprint density at radius 1 is 0.733 bits per heavy atom. The number of amides is 5. The van der Waals surface area contributed by atoms with E-state index in [-0.39, 0.29) is 100 Å². The topological polar surface area (TPSA) is 324 Å². The van der Waals surface area contributed by atoms with Crippen molar-refractivity contribution in [3.8, 4) is 34.8 Å². The first-order valence-corrected chi connectivity index (χ1v) is 37.6.